The molecule has 6 aromatic carbocycles. The van der Waals surface area contributed by atoms with Crippen LogP contribution < -0.4 is 0 Å². The van der Waals surface area contributed by atoms with Crippen LogP contribution in [0.5, 0.6) is 0 Å². The van der Waals surface area contributed by atoms with Crippen molar-refractivity contribution >= 4 is 43.6 Å². The predicted molar refractivity (Wildman–Crippen MR) is 182 cm³/mol. The van der Waals surface area contributed by atoms with E-state index in [1.807, 2.05) is 18.2 Å². The number of hydrogen-bond donors (Lipinski definition) is 0. The highest BCUT2D eigenvalue weighted by Gasteiger charge is 2.25. The predicted octanol–water partition coefficient (Wildman–Crippen LogP) is 10.0. The van der Waals surface area contributed by atoms with Crippen LogP contribution in [0.2, 0.25) is 0 Å². The first-order valence-corrected chi connectivity index (χ1v) is 14.9. The fourth-order valence-corrected chi connectivity index (χ4v) is 6.64. The number of aromatic nitrogens is 4. The van der Waals surface area contributed by atoms with Gasteiger partial charge in [-0.3, -0.25) is 9.13 Å². The van der Waals surface area contributed by atoms with Gasteiger partial charge in [0.05, 0.1) is 27.6 Å². The molecule has 0 saturated heterocycles. The third-order valence-corrected chi connectivity index (χ3v) is 8.55. The van der Waals surface area contributed by atoms with Gasteiger partial charge in [0.2, 0.25) is 0 Å². The molecule has 0 radical (unpaired) electrons. The summed E-state index contributed by atoms with van der Waals surface area (Å²) in [6, 6.07) is 55.3. The van der Waals surface area contributed by atoms with E-state index in [-0.39, 0.29) is 0 Å². The van der Waals surface area contributed by atoms with E-state index in [0.717, 1.165) is 50.4 Å². The van der Waals surface area contributed by atoms with E-state index in [0.29, 0.717) is 5.82 Å². The van der Waals surface area contributed by atoms with Gasteiger partial charge in [0.25, 0.3) is 0 Å². The zero-order chi connectivity index (χ0) is 29.0. The van der Waals surface area contributed by atoms with Gasteiger partial charge in [-0.2, -0.15) is 0 Å². The Morgan fingerprint density at radius 1 is 0.318 bits per heavy atom. The number of fused-ring (bicyclic) bond motifs is 6. The molecule has 9 aromatic rings. The van der Waals surface area contributed by atoms with Crippen molar-refractivity contribution in [2.45, 2.75) is 0 Å². The van der Waals surface area contributed by atoms with E-state index in [1.54, 1.807) is 0 Å². The molecule has 0 aliphatic heterocycles. The Morgan fingerprint density at radius 2 is 0.636 bits per heavy atom. The van der Waals surface area contributed by atoms with Gasteiger partial charge in [-0.15, -0.1) is 0 Å². The van der Waals surface area contributed by atoms with E-state index in [9.17, 15) is 0 Å². The Kier molecular flexibility index (Phi) is 5.47. The number of nitrogens with zero attached hydrogens (tertiary/aromatic N) is 4. The average Bonchev–Trinajstić information content (AvgIpc) is 3.62. The van der Waals surface area contributed by atoms with Crippen LogP contribution in [0.15, 0.2) is 158 Å². The highest BCUT2D eigenvalue weighted by molar-refractivity contribution is 6.11. The van der Waals surface area contributed by atoms with Gasteiger partial charge in [0, 0.05) is 27.1 Å². The summed E-state index contributed by atoms with van der Waals surface area (Å²) in [5.41, 5.74) is 7.43. The molecule has 206 valence electrons. The normalized spacial score (nSPS) is 11.6. The summed E-state index contributed by atoms with van der Waals surface area (Å²) in [4.78, 5) is 10.9. The van der Waals surface area contributed by atoms with Crippen LogP contribution in [0.4, 0.5) is 0 Å². The third-order valence-electron chi connectivity index (χ3n) is 8.55. The van der Waals surface area contributed by atoms with Crippen molar-refractivity contribution in [1.82, 2.24) is 19.1 Å². The maximum atomic E-state index is 5.43. The van der Waals surface area contributed by atoms with Crippen molar-refractivity contribution in [2.24, 2.45) is 0 Å². The summed E-state index contributed by atoms with van der Waals surface area (Å²) < 4.78 is 4.64. The fraction of sp³-hybridized carbons (Fsp3) is 0. The molecule has 0 saturated carbocycles. The molecule has 3 aromatic heterocycles. The molecule has 0 amide bonds. The summed E-state index contributed by atoms with van der Waals surface area (Å²) in [6.45, 7) is 0. The lowest BCUT2D eigenvalue weighted by Gasteiger charge is -2.20. The minimum absolute atomic E-state index is 0.680. The molecule has 0 aliphatic carbocycles. The highest BCUT2D eigenvalue weighted by Crippen LogP contribution is 2.41. The van der Waals surface area contributed by atoms with Gasteiger partial charge < -0.3 is 0 Å². The summed E-state index contributed by atoms with van der Waals surface area (Å²) in [7, 11) is 0. The minimum Gasteiger partial charge on any atom is -0.293 e. The second-order valence-electron chi connectivity index (χ2n) is 11.0. The Bertz CT molecular complexity index is 2250. The third kappa shape index (κ3) is 3.64. The zero-order valence-electron chi connectivity index (χ0n) is 23.8. The summed E-state index contributed by atoms with van der Waals surface area (Å²) in [5, 5.41) is 4.78. The molecular formula is C40H26N4. The molecule has 0 spiro atoms. The van der Waals surface area contributed by atoms with Crippen LogP contribution in [-0.4, -0.2) is 19.1 Å². The molecule has 0 aliphatic rings. The van der Waals surface area contributed by atoms with Gasteiger partial charge in [-0.25, -0.2) is 9.97 Å². The smallest absolute Gasteiger partial charge is 0.163 e. The van der Waals surface area contributed by atoms with Gasteiger partial charge in [0.1, 0.15) is 0 Å². The highest BCUT2D eigenvalue weighted by atomic mass is 15.2. The van der Waals surface area contributed by atoms with Crippen molar-refractivity contribution in [3.8, 4) is 34.2 Å². The van der Waals surface area contributed by atoms with E-state index in [4.69, 9.17) is 9.97 Å². The minimum atomic E-state index is 0.680. The average molecular weight is 563 g/mol. The molecule has 9 rings (SSSR count). The maximum absolute atomic E-state index is 5.43. The number of benzene rings is 6. The van der Waals surface area contributed by atoms with E-state index >= 15 is 0 Å². The Morgan fingerprint density at radius 3 is 1.02 bits per heavy atom. The van der Waals surface area contributed by atoms with Crippen LogP contribution in [0.1, 0.15) is 0 Å². The lowest BCUT2D eigenvalue weighted by Crippen LogP contribution is -2.10. The van der Waals surface area contributed by atoms with E-state index in [1.165, 1.54) is 21.5 Å². The molecule has 0 atom stereocenters. The fourth-order valence-electron chi connectivity index (χ4n) is 6.64. The van der Waals surface area contributed by atoms with Gasteiger partial charge in [-0.1, -0.05) is 133 Å². The topological polar surface area (TPSA) is 35.6 Å². The van der Waals surface area contributed by atoms with Crippen LogP contribution in [0.25, 0.3) is 77.8 Å². The molecule has 4 heteroatoms. The standard InChI is InChI=1S/C40H26N4/c1-3-15-27(16-4-1)37-39(43-33-23-11-7-19-29(33)30-20-8-12-24-34(30)43)41-38(28-17-5-2-6-18-28)42-40(37)44-35-25-13-9-21-31(35)32-22-10-14-26-36(32)44/h1-26H. The van der Waals surface area contributed by atoms with Gasteiger partial charge >= 0.3 is 0 Å². The van der Waals surface area contributed by atoms with Crippen LogP contribution in [0.3, 0.4) is 0 Å². The Labute approximate surface area is 254 Å². The summed E-state index contributed by atoms with van der Waals surface area (Å²) >= 11 is 0. The molecular weight excluding hydrogens is 536 g/mol. The van der Waals surface area contributed by atoms with E-state index in [2.05, 4.69) is 149 Å². The molecule has 3 heterocycles. The first-order valence-electron chi connectivity index (χ1n) is 14.9. The quantitative estimate of drug-likeness (QED) is 0.214. The summed E-state index contributed by atoms with van der Waals surface area (Å²) in [6.07, 6.45) is 0. The molecule has 0 fully saturated rings. The Hall–Kier alpha value is -6.00. The lowest BCUT2D eigenvalue weighted by molar-refractivity contribution is 0.998. The molecule has 0 N–H and O–H groups in total. The van der Waals surface area contributed by atoms with Crippen molar-refractivity contribution < 1.29 is 0 Å². The first-order chi connectivity index (χ1) is 21.9. The molecule has 44 heavy (non-hydrogen) atoms. The SMILES string of the molecule is c1ccc(-c2nc(-n3c4ccccc4c4ccccc43)c(-c3ccccc3)c(-n3c4ccccc4c4ccccc43)n2)cc1. The van der Waals surface area contributed by atoms with Gasteiger partial charge in [-0.05, 0) is 29.8 Å². The van der Waals surface area contributed by atoms with Crippen LogP contribution in [-0.2, 0) is 0 Å². The van der Waals surface area contributed by atoms with Gasteiger partial charge in [0.15, 0.2) is 17.5 Å². The molecule has 0 bridgehead atoms. The summed E-state index contributed by atoms with van der Waals surface area (Å²) in [5.74, 6) is 2.37. The number of para-hydroxylation sites is 4. The Balaban J connectivity index is 1.52. The number of rotatable bonds is 4. The van der Waals surface area contributed by atoms with Crippen LogP contribution in [0, 0.1) is 0 Å². The first kappa shape index (κ1) is 24.6. The van der Waals surface area contributed by atoms with Crippen molar-refractivity contribution in [3.05, 3.63) is 158 Å². The van der Waals surface area contributed by atoms with E-state index < -0.39 is 0 Å². The maximum Gasteiger partial charge on any atom is 0.163 e. The van der Waals surface area contributed by atoms with Crippen molar-refractivity contribution in [2.75, 3.05) is 0 Å². The zero-order valence-corrected chi connectivity index (χ0v) is 23.8. The molecule has 0 unspecified atom stereocenters. The molecule has 4 nitrogen and oxygen atoms in total. The largest absolute Gasteiger partial charge is 0.293 e. The lowest BCUT2D eigenvalue weighted by atomic mass is 10.1. The number of hydrogen-bond acceptors (Lipinski definition) is 2. The van der Waals surface area contributed by atoms with Crippen molar-refractivity contribution in [1.29, 1.82) is 0 Å². The van der Waals surface area contributed by atoms with Crippen molar-refractivity contribution in [3.63, 3.8) is 0 Å². The van der Waals surface area contributed by atoms with Crippen LogP contribution >= 0.6 is 0 Å². The monoisotopic (exact) mass is 562 g/mol. The second kappa shape index (κ2) is 9.79. The second-order valence-corrected chi connectivity index (χ2v) is 11.0.